The third-order valence-electron chi connectivity index (χ3n) is 6.10. The molecule has 4 aromatic rings. The van der Waals surface area contributed by atoms with Crippen LogP contribution in [0.2, 0.25) is 0 Å². The summed E-state index contributed by atoms with van der Waals surface area (Å²) < 4.78 is 4.37. The minimum absolute atomic E-state index is 0.121. The van der Waals surface area contributed by atoms with Crippen molar-refractivity contribution in [2.45, 2.75) is 26.3 Å². The lowest BCUT2D eigenvalue weighted by atomic mass is 9.84. The Kier molecular flexibility index (Phi) is 5.49. The Labute approximate surface area is 190 Å². The number of thiophene rings is 1. The molecule has 1 atom stereocenters. The van der Waals surface area contributed by atoms with Crippen LogP contribution in [-0.4, -0.2) is 25.8 Å². The molecular weight excluding hydrogens is 420 g/mol. The first-order chi connectivity index (χ1) is 15.6. The van der Waals surface area contributed by atoms with E-state index in [2.05, 4.69) is 38.5 Å². The van der Waals surface area contributed by atoms with Gasteiger partial charge in [-0.05, 0) is 43.4 Å². The fraction of sp³-hybridized carbons (Fsp3) is 0.240. The summed E-state index contributed by atoms with van der Waals surface area (Å²) in [6.45, 7) is 2.74. The molecule has 7 heteroatoms. The minimum Gasteiger partial charge on any atom is -0.347 e. The molecule has 0 saturated heterocycles. The Morgan fingerprint density at radius 1 is 1.31 bits per heavy atom. The van der Waals surface area contributed by atoms with Gasteiger partial charge in [0, 0.05) is 65.0 Å². The van der Waals surface area contributed by atoms with Gasteiger partial charge in [0.25, 0.3) is 0 Å². The fourth-order valence-corrected chi connectivity index (χ4v) is 5.09. The second-order valence-electron chi connectivity index (χ2n) is 8.00. The van der Waals surface area contributed by atoms with Gasteiger partial charge in [-0.2, -0.15) is 0 Å². The Morgan fingerprint density at radius 2 is 2.19 bits per heavy atom. The SMILES string of the molecule is Cc1nccn1CC1CCc2c(c3ccccc3n2C)/C1=N/OC(=O)/C=C/c1cccs1. The van der Waals surface area contributed by atoms with Gasteiger partial charge in [-0.25, -0.2) is 9.78 Å². The number of imidazole rings is 1. The first kappa shape index (κ1) is 20.5. The summed E-state index contributed by atoms with van der Waals surface area (Å²) in [5.74, 6) is 0.607. The second kappa shape index (κ2) is 8.59. The number of carbonyl (C=O) groups excluding carboxylic acids is 1. The first-order valence-electron chi connectivity index (χ1n) is 10.7. The lowest BCUT2D eigenvalue weighted by Crippen LogP contribution is -2.28. The molecule has 5 rings (SSSR count). The number of hydrogen-bond acceptors (Lipinski definition) is 5. The van der Waals surface area contributed by atoms with Crippen molar-refractivity contribution in [2.24, 2.45) is 18.1 Å². The molecule has 6 nitrogen and oxygen atoms in total. The van der Waals surface area contributed by atoms with Gasteiger partial charge in [-0.3, -0.25) is 0 Å². The van der Waals surface area contributed by atoms with Gasteiger partial charge < -0.3 is 14.0 Å². The third-order valence-corrected chi connectivity index (χ3v) is 6.94. The van der Waals surface area contributed by atoms with Gasteiger partial charge in [0.15, 0.2) is 0 Å². The van der Waals surface area contributed by atoms with Crippen LogP contribution < -0.4 is 0 Å². The number of para-hydroxylation sites is 1. The highest BCUT2D eigenvalue weighted by Gasteiger charge is 2.31. The molecule has 1 unspecified atom stereocenters. The standard InChI is InChI=1S/C25H24N4O2S/c1-17-26-13-14-29(17)16-18-9-11-22-24(20-7-3-4-8-21(20)28(22)2)25(18)27-31-23(30)12-10-19-6-5-15-32-19/h3-8,10,12-15,18H,9,11,16H2,1-2H3/b12-10+,27-25+. The summed E-state index contributed by atoms with van der Waals surface area (Å²) in [5.41, 5.74) is 4.31. The number of rotatable bonds is 5. The Hall–Kier alpha value is -3.45. The van der Waals surface area contributed by atoms with Crippen molar-refractivity contribution in [1.29, 1.82) is 0 Å². The van der Waals surface area contributed by atoms with Gasteiger partial charge in [0.05, 0.1) is 5.71 Å². The lowest BCUT2D eigenvalue weighted by Gasteiger charge is -2.25. The lowest BCUT2D eigenvalue weighted by molar-refractivity contribution is -0.137. The van der Waals surface area contributed by atoms with Crippen LogP contribution >= 0.6 is 11.3 Å². The summed E-state index contributed by atoms with van der Waals surface area (Å²) in [7, 11) is 2.09. The molecule has 0 bridgehead atoms. The highest BCUT2D eigenvalue weighted by Crippen LogP contribution is 2.35. The average Bonchev–Trinajstić information content (AvgIpc) is 3.53. The molecule has 0 aliphatic heterocycles. The second-order valence-corrected chi connectivity index (χ2v) is 8.98. The summed E-state index contributed by atoms with van der Waals surface area (Å²) >= 11 is 1.57. The van der Waals surface area contributed by atoms with E-state index in [9.17, 15) is 4.79 Å². The van der Waals surface area contributed by atoms with Crippen LogP contribution in [0.3, 0.4) is 0 Å². The number of carbonyl (C=O) groups is 1. The average molecular weight is 445 g/mol. The van der Waals surface area contributed by atoms with E-state index >= 15 is 0 Å². The van der Waals surface area contributed by atoms with Crippen molar-refractivity contribution >= 4 is 40.0 Å². The molecule has 3 aromatic heterocycles. The maximum Gasteiger partial charge on any atom is 0.358 e. The number of hydrogen-bond donors (Lipinski definition) is 0. The topological polar surface area (TPSA) is 61.4 Å². The normalized spacial score (nSPS) is 17.3. The molecule has 162 valence electrons. The van der Waals surface area contributed by atoms with Crippen molar-refractivity contribution in [3.63, 3.8) is 0 Å². The third kappa shape index (κ3) is 3.80. The van der Waals surface area contributed by atoms with Crippen molar-refractivity contribution in [3.8, 4) is 0 Å². The van der Waals surface area contributed by atoms with Crippen LogP contribution in [0.1, 0.15) is 28.4 Å². The van der Waals surface area contributed by atoms with Crippen LogP contribution in [-0.2, 0) is 29.6 Å². The molecule has 0 N–H and O–H groups in total. The highest BCUT2D eigenvalue weighted by atomic mass is 32.1. The number of aryl methyl sites for hydroxylation is 2. The van der Waals surface area contributed by atoms with E-state index in [0.29, 0.717) is 0 Å². The van der Waals surface area contributed by atoms with E-state index in [1.807, 2.05) is 49.0 Å². The van der Waals surface area contributed by atoms with Crippen molar-refractivity contribution in [2.75, 3.05) is 0 Å². The van der Waals surface area contributed by atoms with Crippen molar-refractivity contribution in [3.05, 3.63) is 82.2 Å². The van der Waals surface area contributed by atoms with Crippen LogP contribution in [0.25, 0.3) is 17.0 Å². The first-order valence-corrected chi connectivity index (χ1v) is 11.5. The van der Waals surface area contributed by atoms with Gasteiger partial charge >= 0.3 is 5.97 Å². The number of nitrogens with zero attached hydrogens (tertiary/aromatic N) is 4. The van der Waals surface area contributed by atoms with Gasteiger partial charge in [0.2, 0.25) is 0 Å². The van der Waals surface area contributed by atoms with E-state index in [1.54, 1.807) is 17.4 Å². The fourth-order valence-electron chi connectivity index (χ4n) is 4.47. The van der Waals surface area contributed by atoms with E-state index in [4.69, 9.17) is 4.84 Å². The number of aromatic nitrogens is 3. The number of oxime groups is 1. The molecule has 0 amide bonds. The van der Waals surface area contributed by atoms with Gasteiger partial charge in [-0.15, -0.1) is 11.3 Å². The van der Waals surface area contributed by atoms with Crippen LogP contribution in [0.5, 0.6) is 0 Å². The van der Waals surface area contributed by atoms with Crippen LogP contribution in [0.4, 0.5) is 0 Å². The zero-order valence-corrected chi connectivity index (χ0v) is 18.9. The zero-order valence-electron chi connectivity index (χ0n) is 18.1. The molecule has 1 aliphatic rings. The van der Waals surface area contributed by atoms with Gasteiger partial charge in [0.1, 0.15) is 5.82 Å². The largest absolute Gasteiger partial charge is 0.358 e. The van der Waals surface area contributed by atoms with Crippen molar-refractivity contribution in [1.82, 2.24) is 14.1 Å². The van der Waals surface area contributed by atoms with E-state index < -0.39 is 5.97 Å². The maximum absolute atomic E-state index is 12.4. The Morgan fingerprint density at radius 3 is 2.97 bits per heavy atom. The summed E-state index contributed by atoms with van der Waals surface area (Å²) in [5, 5.41) is 7.56. The monoisotopic (exact) mass is 444 g/mol. The molecule has 3 heterocycles. The van der Waals surface area contributed by atoms with Crippen LogP contribution in [0, 0.1) is 12.8 Å². The molecule has 0 radical (unpaired) electrons. The number of fused-ring (bicyclic) bond motifs is 3. The molecule has 1 aromatic carbocycles. The Balaban J connectivity index is 1.52. The van der Waals surface area contributed by atoms with E-state index in [0.717, 1.165) is 52.3 Å². The van der Waals surface area contributed by atoms with E-state index in [-0.39, 0.29) is 5.92 Å². The summed E-state index contributed by atoms with van der Waals surface area (Å²) in [6.07, 6.45) is 8.86. The molecule has 0 spiro atoms. The smallest absolute Gasteiger partial charge is 0.347 e. The highest BCUT2D eigenvalue weighted by molar-refractivity contribution is 7.10. The molecular formula is C25H24N4O2S. The summed E-state index contributed by atoms with van der Waals surface area (Å²) in [6, 6.07) is 12.2. The Bertz CT molecular complexity index is 1330. The predicted octanol–water partition coefficient (Wildman–Crippen LogP) is 4.97. The maximum atomic E-state index is 12.4. The van der Waals surface area contributed by atoms with Crippen molar-refractivity contribution < 1.29 is 9.63 Å². The van der Waals surface area contributed by atoms with Gasteiger partial charge in [-0.1, -0.05) is 29.4 Å². The van der Waals surface area contributed by atoms with E-state index in [1.165, 1.54) is 11.8 Å². The molecule has 0 fully saturated rings. The molecule has 0 saturated carbocycles. The molecule has 1 aliphatic carbocycles. The van der Waals surface area contributed by atoms with Crippen LogP contribution in [0.15, 0.2) is 65.4 Å². The zero-order chi connectivity index (χ0) is 22.1. The predicted molar refractivity (Wildman–Crippen MR) is 128 cm³/mol. The summed E-state index contributed by atoms with van der Waals surface area (Å²) in [4.78, 5) is 23.2. The minimum atomic E-state index is -0.476. The molecule has 32 heavy (non-hydrogen) atoms. The quantitative estimate of drug-likeness (QED) is 0.248. The number of benzene rings is 1.